The van der Waals surface area contributed by atoms with Gasteiger partial charge in [0.15, 0.2) is 0 Å². The number of thioether (sulfide) groups is 1. The van der Waals surface area contributed by atoms with Gasteiger partial charge in [0.25, 0.3) is 5.69 Å². The zero-order chi connectivity index (χ0) is 12.9. The van der Waals surface area contributed by atoms with Crippen molar-refractivity contribution in [1.82, 2.24) is 4.98 Å². The minimum Gasteiger partial charge on any atom is -0.369 e. The summed E-state index contributed by atoms with van der Waals surface area (Å²) in [6.07, 6.45) is 1.26. The predicted molar refractivity (Wildman–Crippen MR) is 71.6 cm³/mol. The lowest BCUT2D eigenvalue weighted by molar-refractivity contribution is -0.385. The van der Waals surface area contributed by atoms with Crippen molar-refractivity contribution in [1.29, 1.82) is 0 Å². The number of nitrogens with one attached hydrogen (secondary N) is 1. The van der Waals surface area contributed by atoms with E-state index in [4.69, 9.17) is 0 Å². The Morgan fingerprint density at radius 1 is 1.47 bits per heavy atom. The maximum atomic E-state index is 10.4. The third-order valence-electron chi connectivity index (χ3n) is 1.90. The van der Waals surface area contributed by atoms with Crippen molar-refractivity contribution in [2.75, 3.05) is 17.6 Å². The van der Waals surface area contributed by atoms with Crippen molar-refractivity contribution < 1.29 is 4.92 Å². The molecular weight excluding hydrogens is 238 g/mol. The molecule has 0 spiro atoms. The van der Waals surface area contributed by atoms with Gasteiger partial charge in [-0.2, -0.15) is 11.8 Å². The van der Waals surface area contributed by atoms with Gasteiger partial charge < -0.3 is 5.32 Å². The van der Waals surface area contributed by atoms with E-state index in [1.807, 2.05) is 11.8 Å². The minimum atomic E-state index is -0.452. The molecule has 0 aliphatic heterocycles. The number of hydrogen-bond acceptors (Lipinski definition) is 5. The Morgan fingerprint density at radius 2 is 2.18 bits per heavy atom. The Bertz CT molecular complexity index is 373. The molecule has 0 amide bonds. The van der Waals surface area contributed by atoms with E-state index in [-0.39, 0.29) is 10.4 Å². The van der Waals surface area contributed by atoms with Crippen molar-refractivity contribution in [2.45, 2.75) is 25.5 Å². The average molecular weight is 255 g/mol. The van der Waals surface area contributed by atoms with Gasteiger partial charge in [-0.15, -0.1) is 0 Å². The van der Waals surface area contributed by atoms with Crippen molar-refractivity contribution in [3.8, 4) is 0 Å². The van der Waals surface area contributed by atoms with E-state index < -0.39 is 4.92 Å². The zero-order valence-electron chi connectivity index (χ0n) is 10.3. The highest BCUT2D eigenvalue weighted by molar-refractivity contribution is 8.00. The van der Waals surface area contributed by atoms with Crippen LogP contribution in [0.5, 0.6) is 0 Å². The van der Waals surface area contributed by atoms with Crippen LogP contribution >= 0.6 is 11.8 Å². The van der Waals surface area contributed by atoms with E-state index in [2.05, 4.69) is 31.1 Å². The molecule has 1 rings (SSSR count). The van der Waals surface area contributed by atoms with Gasteiger partial charge in [0.1, 0.15) is 12.0 Å². The first-order valence-electron chi connectivity index (χ1n) is 5.37. The summed E-state index contributed by atoms with van der Waals surface area (Å²) < 4.78 is 0.255. The third-order valence-corrected chi connectivity index (χ3v) is 3.18. The summed E-state index contributed by atoms with van der Waals surface area (Å²) in [5, 5.41) is 13.6. The maximum absolute atomic E-state index is 10.4. The molecule has 0 atom stereocenters. The normalized spacial score (nSPS) is 11.2. The fraction of sp³-hybridized carbons (Fsp3) is 0.545. The van der Waals surface area contributed by atoms with E-state index in [1.54, 1.807) is 6.07 Å². The average Bonchev–Trinajstić information content (AvgIpc) is 2.24. The molecule has 1 aromatic heterocycles. The Morgan fingerprint density at radius 3 is 2.65 bits per heavy atom. The largest absolute Gasteiger partial charge is 0.369 e. The van der Waals surface area contributed by atoms with Crippen LogP contribution in [0.3, 0.4) is 0 Å². The lowest BCUT2D eigenvalue weighted by Gasteiger charge is -2.17. The Hall–Kier alpha value is -1.30. The molecule has 0 radical (unpaired) electrons. The zero-order valence-corrected chi connectivity index (χ0v) is 11.1. The van der Waals surface area contributed by atoms with Crippen molar-refractivity contribution in [3.05, 3.63) is 28.4 Å². The van der Waals surface area contributed by atoms with Crippen LogP contribution in [0.2, 0.25) is 0 Å². The molecule has 1 N–H and O–H groups in total. The van der Waals surface area contributed by atoms with Crippen LogP contribution in [-0.4, -0.2) is 27.0 Å². The quantitative estimate of drug-likeness (QED) is 0.497. The van der Waals surface area contributed by atoms with Gasteiger partial charge in [-0.3, -0.25) is 10.1 Å². The number of hydrogen-bond donors (Lipinski definition) is 1. The molecule has 0 saturated heterocycles. The fourth-order valence-corrected chi connectivity index (χ4v) is 1.95. The first-order valence-corrected chi connectivity index (χ1v) is 6.35. The minimum absolute atomic E-state index is 0.0135. The van der Waals surface area contributed by atoms with E-state index in [1.165, 1.54) is 12.3 Å². The van der Waals surface area contributed by atoms with Crippen molar-refractivity contribution in [2.24, 2.45) is 0 Å². The molecule has 6 heteroatoms. The second-order valence-electron chi connectivity index (χ2n) is 4.55. The highest BCUT2D eigenvalue weighted by atomic mass is 32.2. The Kier molecular flexibility index (Phi) is 4.74. The topological polar surface area (TPSA) is 68.1 Å². The summed E-state index contributed by atoms with van der Waals surface area (Å²) in [6, 6.07) is 3.08. The molecule has 0 aliphatic carbocycles. The standard InChI is InChI=1S/C11H17N3O2S/c1-11(2,3)17-7-6-12-10-5-4-9(8-13-10)14(15)16/h4-5,8H,6-7H2,1-3H3,(H,12,13). The van der Waals surface area contributed by atoms with Gasteiger partial charge in [0.05, 0.1) is 4.92 Å². The first kappa shape index (κ1) is 13.8. The fourth-order valence-electron chi connectivity index (χ4n) is 1.13. The predicted octanol–water partition coefficient (Wildman–Crippen LogP) is 2.93. The first-order chi connectivity index (χ1) is 7.88. The molecule has 0 fully saturated rings. The van der Waals surface area contributed by atoms with Crippen LogP contribution in [-0.2, 0) is 0 Å². The summed E-state index contributed by atoms with van der Waals surface area (Å²) in [5.74, 6) is 1.65. The van der Waals surface area contributed by atoms with Gasteiger partial charge in [-0.05, 0) is 6.07 Å². The SMILES string of the molecule is CC(C)(C)SCCNc1ccc([N+](=O)[O-])cn1. The van der Waals surface area contributed by atoms with Crippen LogP contribution in [0.4, 0.5) is 11.5 Å². The molecule has 5 nitrogen and oxygen atoms in total. The number of nitro groups is 1. The molecule has 0 unspecified atom stereocenters. The van der Waals surface area contributed by atoms with E-state index >= 15 is 0 Å². The molecule has 0 saturated carbocycles. The maximum Gasteiger partial charge on any atom is 0.287 e. The summed E-state index contributed by atoms with van der Waals surface area (Å²) in [7, 11) is 0. The van der Waals surface area contributed by atoms with Crippen LogP contribution in [0.15, 0.2) is 18.3 Å². The number of anilines is 1. The molecule has 0 aliphatic rings. The van der Waals surface area contributed by atoms with E-state index in [9.17, 15) is 10.1 Å². The molecule has 1 aromatic rings. The van der Waals surface area contributed by atoms with Gasteiger partial charge in [0.2, 0.25) is 0 Å². The van der Waals surface area contributed by atoms with Gasteiger partial charge in [-0.1, -0.05) is 20.8 Å². The second kappa shape index (κ2) is 5.86. The highest BCUT2D eigenvalue weighted by Gasteiger charge is 2.09. The molecule has 94 valence electrons. The van der Waals surface area contributed by atoms with Crippen LogP contribution in [0.25, 0.3) is 0 Å². The summed E-state index contributed by atoms with van der Waals surface area (Å²) in [4.78, 5) is 13.9. The van der Waals surface area contributed by atoms with Crippen molar-refractivity contribution >= 4 is 23.3 Å². The van der Waals surface area contributed by atoms with Gasteiger partial charge in [-0.25, -0.2) is 4.98 Å². The highest BCUT2D eigenvalue weighted by Crippen LogP contribution is 2.22. The van der Waals surface area contributed by atoms with Gasteiger partial charge in [0, 0.05) is 23.1 Å². The molecule has 0 bridgehead atoms. The Balaban J connectivity index is 2.35. The molecule has 0 aromatic carbocycles. The monoisotopic (exact) mass is 255 g/mol. The molecular formula is C11H17N3O2S. The summed E-state index contributed by atoms with van der Waals surface area (Å²) >= 11 is 1.86. The third kappa shape index (κ3) is 5.53. The lowest BCUT2D eigenvalue weighted by Crippen LogP contribution is -2.13. The lowest BCUT2D eigenvalue weighted by atomic mass is 10.3. The summed E-state index contributed by atoms with van der Waals surface area (Å²) in [5.41, 5.74) is 0.0135. The van der Waals surface area contributed by atoms with Gasteiger partial charge >= 0.3 is 0 Å². The van der Waals surface area contributed by atoms with Crippen LogP contribution in [0.1, 0.15) is 20.8 Å². The number of rotatable bonds is 5. The number of aromatic nitrogens is 1. The van der Waals surface area contributed by atoms with Crippen LogP contribution in [0, 0.1) is 10.1 Å². The smallest absolute Gasteiger partial charge is 0.287 e. The van der Waals surface area contributed by atoms with E-state index in [0.29, 0.717) is 5.82 Å². The summed E-state index contributed by atoms with van der Waals surface area (Å²) in [6.45, 7) is 7.30. The molecule has 17 heavy (non-hydrogen) atoms. The molecule has 1 heterocycles. The van der Waals surface area contributed by atoms with E-state index in [0.717, 1.165) is 12.3 Å². The Labute approximate surface area is 105 Å². The van der Waals surface area contributed by atoms with Crippen LogP contribution < -0.4 is 5.32 Å². The number of pyridine rings is 1. The second-order valence-corrected chi connectivity index (χ2v) is 6.47. The number of nitrogens with zero attached hydrogens (tertiary/aromatic N) is 2. The van der Waals surface area contributed by atoms with Crippen molar-refractivity contribution in [3.63, 3.8) is 0 Å².